The van der Waals surface area contributed by atoms with Gasteiger partial charge in [-0.2, -0.15) is 0 Å². The maximum Gasteiger partial charge on any atom is 0.348 e. The normalized spacial score (nSPS) is 17.2. The lowest BCUT2D eigenvalue weighted by Gasteiger charge is -2.23. The third-order valence-electron chi connectivity index (χ3n) is 4.49. The Kier molecular flexibility index (Phi) is 4.67. The van der Waals surface area contributed by atoms with Crippen LogP contribution in [0.3, 0.4) is 0 Å². The topological polar surface area (TPSA) is 92.3 Å². The molecule has 9 heteroatoms. The van der Waals surface area contributed by atoms with Crippen molar-refractivity contribution in [2.24, 2.45) is 0 Å². The summed E-state index contributed by atoms with van der Waals surface area (Å²) in [6.45, 7) is 2.64. The second kappa shape index (κ2) is 7.13. The average molecular weight is 389 g/mol. The van der Waals surface area contributed by atoms with Crippen molar-refractivity contribution in [2.45, 2.75) is 32.4 Å². The Balaban J connectivity index is 1.82. The first-order valence-electron chi connectivity index (χ1n) is 8.62. The molecule has 0 aliphatic carbocycles. The Morgan fingerprint density at radius 2 is 2.22 bits per heavy atom. The summed E-state index contributed by atoms with van der Waals surface area (Å²) in [5.74, 6) is 0.269. The van der Waals surface area contributed by atoms with Crippen molar-refractivity contribution in [2.75, 3.05) is 6.61 Å². The SMILES string of the molecule is Cc1ccc2c(c1)c(Oc1ccnc(Cl)c1[N+](=O)[O-])nn2C1CCCCO1. The molecule has 1 aliphatic heterocycles. The lowest BCUT2D eigenvalue weighted by atomic mass is 10.1. The maximum atomic E-state index is 11.4. The van der Waals surface area contributed by atoms with Gasteiger partial charge in [0.1, 0.15) is 0 Å². The number of benzene rings is 1. The Labute approximate surface area is 159 Å². The third kappa shape index (κ3) is 3.33. The van der Waals surface area contributed by atoms with E-state index in [-0.39, 0.29) is 28.7 Å². The van der Waals surface area contributed by atoms with E-state index in [0.717, 1.165) is 35.7 Å². The van der Waals surface area contributed by atoms with E-state index in [2.05, 4.69) is 10.1 Å². The van der Waals surface area contributed by atoms with Crippen LogP contribution in [-0.4, -0.2) is 26.3 Å². The summed E-state index contributed by atoms with van der Waals surface area (Å²) < 4.78 is 13.5. The van der Waals surface area contributed by atoms with Gasteiger partial charge in [-0.1, -0.05) is 23.2 Å². The van der Waals surface area contributed by atoms with Crippen LogP contribution in [-0.2, 0) is 4.74 Å². The number of aryl methyl sites for hydroxylation is 1. The van der Waals surface area contributed by atoms with Gasteiger partial charge in [-0.15, -0.1) is 5.10 Å². The molecule has 8 nitrogen and oxygen atoms in total. The largest absolute Gasteiger partial charge is 0.430 e. The third-order valence-corrected chi connectivity index (χ3v) is 4.76. The number of nitro groups is 1. The Morgan fingerprint density at radius 3 is 2.96 bits per heavy atom. The predicted octanol–water partition coefficient (Wildman–Crippen LogP) is 4.79. The zero-order valence-electron chi connectivity index (χ0n) is 14.6. The Hall–Kier alpha value is -2.71. The minimum Gasteiger partial charge on any atom is -0.430 e. The van der Waals surface area contributed by atoms with Gasteiger partial charge >= 0.3 is 5.69 Å². The lowest BCUT2D eigenvalue weighted by Crippen LogP contribution is -2.19. The molecule has 1 atom stereocenters. The summed E-state index contributed by atoms with van der Waals surface area (Å²) in [5, 5.41) is 16.4. The van der Waals surface area contributed by atoms with Crippen LogP contribution < -0.4 is 4.74 Å². The van der Waals surface area contributed by atoms with Crippen LogP contribution in [0.4, 0.5) is 5.69 Å². The summed E-state index contributed by atoms with van der Waals surface area (Å²) in [7, 11) is 0. The number of hydrogen-bond donors (Lipinski definition) is 0. The molecule has 27 heavy (non-hydrogen) atoms. The Morgan fingerprint density at radius 1 is 1.37 bits per heavy atom. The summed E-state index contributed by atoms with van der Waals surface area (Å²) >= 11 is 5.88. The summed E-state index contributed by atoms with van der Waals surface area (Å²) in [6, 6.07) is 7.28. The van der Waals surface area contributed by atoms with Crippen LogP contribution in [0, 0.1) is 17.0 Å². The van der Waals surface area contributed by atoms with Gasteiger partial charge in [-0.3, -0.25) is 10.1 Å². The molecule has 0 radical (unpaired) electrons. The van der Waals surface area contributed by atoms with Crippen LogP contribution in [0.1, 0.15) is 31.1 Å². The summed E-state index contributed by atoms with van der Waals surface area (Å²) in [4.78, 5) is 14.5. The number of aromatic nitrogens is 3. The van der Waals surface area contributed by atoms with E-state index in [1.54, 1.807) is 4.68 Å². The van der Waals surface area contributed by atoms with E-state index < -0.39 is 4.92 Å². The summed E-state index contributed by atoms with van der Waals surface area (Å²) in [6.07, 6.45) is 4.11. The van der Waals surface area contributed by atoms with Crippen molar-refractivity contribution in [3.8, 4) is 11.6 Å². The second-order valence-corrected chi connectivity index (χ2v) is 6.76. The van der Waals surface area contributed by atoms with Crippen LogP contribution in [0.2, 0.25) is 5.15 Å². The van der Waals surface area contributed by atoms with Gasteiger partial charge in [0.25, 0.3) is 0 Å². The summed E-state index contributed by atoms with van der Waals surface area (Å²) in [5.41, 5.74) is 1.49. The molecular weight excluding hydrogens is 372 g/mol. The lowest BCUT2D eigenvalue weighted by molar-refractivity contribution is -0.385. The van der Waals surface area contributed by atoms with Gasteiger partial charge < -0.3 is 9.47 Å². The number of fused-ring (bicyclic) bond motifs is 1. The van der Waals surface area contributed by atoms with Gasteiger partial charge in [0, 0.05) is 18.9 Å². The van der Waals surface area contributed by atoms with E-state index in [0.29, 0.717) is 6.61 Å². The molecule has 3 heterocycles. The van der Waals surface area contributed by atoms with Gasteiger partial charge in [0.05, 0.1) is 15.8 Å². The molecule has 0 saturated carbocycles. The van der Waals surface area contributed by atoms with Gasteiger partial charge in [-0.25, -0.2) is 9.67 Å². The monoisotopic (exact) mass is 388 g/mol. The number of ether oxygens (including phenoxy) is 2. The number of hydrogen-bond acceptors (Lipinski definition) is 6. The molecule has 0 spiro atoms. The predicted molar refractivity (Wildman–Crippen MR) is 99.3 cm³/mol. The fourth-order valence-electron chi connectivity index (χ4n) is 3.20. The van der Waals surface area contributed by atoms with Gasteiger partial charge in [0.2, 0.25) is 16.8 Å². The number of rotatable bonds is 4. The number of pyridine rings is 1. The Bertz CT molecular complexity index is 1010. The van der Waals surface area contributed by atoms with E-state index >= 15 is 0 Å². The molecule has 1 aromatic carbocycles. The minimum absolute atomic E-state index is 0.00220. The fraction of sp³-hybridized carbons (Fsp3) is 0.333. The quantitative estimate of drug-likeness (QED) is 0.362. The fourth-order valence-corrected chi connectivity index (χ4v) is 3.42. The molecule has 1 unspecified atom stereocenters. The molecule has 0 amide bonds. The van der Waals surface area contributed by atoms with E-state index in [9.17, 15) is 10.1 Å². The van der Waals surface area contributed by atoms with Crippen molar-refractivity contribution in [3.05, 3.63) is 51.3 Å². The molecule has 1 saturated heterocycles. The highest BCUT2D eigenvalue weighted by atomic mass is 35.5. The highest BCUT2D eigenvalue weighted by Gasteiger charge is 2.26. The highest BCUT2D eigenvalue weighted by molar-refractivity contribution is 6.31. The standard InChI is InChI=1S/C18H17ClN4O4/c1-11-5-6-13-12(10-11)18(21-22(13)15-4-2-3-9-26-15)27-14-7-8-20-17(19)16(14)23(24)25/h5-8,10,15H,2-4,9H2,1H3. The van der Waals surface area contributed by atoms with E-state index in [1.807, 2.05) is 25.1 Å². The van der Waals surface area contributed by atoms with Crippen LogP contribution >= 0.6 is 11.6 Å². The number of nitrogens with zero attached hydrogens (tertiary/aromatic N) is 4. The minimum atomic E-state index is -0.612. The van der Waals surface area contributed by atoms with Crippen molar-refractivity contribution in [1.29, 1.82) is 0 Å². The first-order valence-corrected chi connectivity index (χ1v) is 8.99. The number of halogens is 1. The van der Waals surface area contributed by atoms with Crippen LogP contribution in [0.15, 0.2) is 30.5 Å². The first kappa shape index (κ1) is 17.7. The van der Waals surface area contributed by atoms with Crippen molar-refractivity contribution in [3.63, 3.8) is 0 Å². The molecule has 3 aromatic rings. The molecule has 1 aliphatic rings. The van der Waals surface area contributed by atoms with Crippen LogP contribution in [0.25, 0.3) is 10.9 Å². The average Bonchev–Trinajstić information content (AvgIpc) is 3.00. The zero-order valence-corrected chi connectivity index (χ0v) is 15.3. The molecule has 0 N–H and O–H groups in total. The molecule has 140 valence electrons. The molecular formula is C18H17ClN4O4. The first-order chi connectivity index (χ1) is 13.0. The van der Waals surface area contributed by atoms with Crippen molar-refractivity contribution >= 4 is 28.2 Å². The zero-order chi connectivity index (χ0) is 19.0. The molecule has 2 aromatic heterocycles. The molecule has 1 fully saturated rings. The molecule has 0 bridgehead atoms. The molecule has 4 rings (SSSR count). The van der Waals surface area contributed by atoms with Crippen LogP contribution in [0.5, 0.6) is 11.6 Å². The van der Waals surface area contributed by atoms with Crippen molar-refractivity contribution < 1.29 is 14.4 Å². The van der Waals surface area contributed by atoms with Gasteiger partial charge in [-0.05, 0) is 38.3 Å². The van der Waals surface area contributed by atoms with E-state index in [1.165, 1.54) is 12.3 Å². The highest BCUT2D eigenvalue weighted by Crippen LogP contribution is 2.39. The van der Waals surface area contributed by atoms with Gasteiger partial charge in [0.15, 0.2) is 6.23 Å². The smallest absolute Gasteiger partial charge is 0.348 e. The second-order valence-electron chi connectivity index (χ2n) is 6.40. The van der Waals surface area contributed by atoms with Crippen molar-refractivity contribution in [1.82, 2.24) is 14.8 Å². The van der Waals surface area contributed by atoms with E-state index in [4.69, 9.17) is 21.1 Å². The maximum absolute atomic E-state index is 11.4.